The van der Waals surface area contributed by atoms with Gasteiger partial charge < -0.3 is 5.73 Å². The monoisotopic (exact) mass is 492 g/mol. The Kier molecular flexibility index (Phi) is 8.35. The quantitative estimate of drug-likeness (QED) is 0.416. The van der Waals surface area contributed by atoms with Gasteiger partial charge in [-0.3, -0.25) is 4.90 Å². The van der Waals surface area contributed by atoms with E-state index in [1.807, 2.05) is 4.90 Å². The average Bonchev–Trinajstić information content (AvgIpc) is 2.74. The van der Waals surface area contributed by atoms with Gasteiger partial charge in [0.25, 0.3) is 0 Å². The van der Waals surface area contributed by atoms with Crippen molar-refractivity contribution < 1.29 is 26.3 Å². The standard InChI is InChI=1S/C24H27ClF6N2/c25-22-10-7-19(11-21(22)24(29,30)31)15-33(13-17-3-1-16(12-32)2-4-17)14-18-5-8-20(9-6-18)23(26,27)28/h5-11,16-17H,1-4,12-15,32H2. The minimum atomic E-state index is -4.56. The molecule has 182 valence electrons. The van der Waals surface area contributed by atoms with Crippen molar-refractivity contribution >= 4 is 11.6 Å². The fourth-order valence-corrected chi connectivity index (χ4v) is 4.63. The maximum atomic E-state index is 13.3. The van der Waals surface area contributed by atoms with Crippen LogP contribution in [0, 0.1) is 11.8 Å². The first kappa shape index (κ1) is 25.8. The van der Waals surface area contributed by atoms with Crippen molar-refractivity contribution in [3.8, 4) is 0 Å². The van der Waals surface area contributed by atoms with E-state index in [0.29, 0.717) is 42.6 Å². The molecule has 1 saturated carbocycles. The minimum Gasteiger partial charge on any atom is -0.330 e. The van der Waals surface area contributed by atoms with Crippen molar-refractivity contribution in [1.82, 2.24) is 4.90 Å². The zero-order valence-electron chi connectivity index (χ0n) is 18.0. The number of nitrogens with two attached hydrogens (primary N) is 1. The molecule has 0 amide bonds. The highest BCUT2D eigenvalue weighted by Crippen LogP contribution is 2.36. The third-order valence-corrected chi connectivity index (χ3v) is 6.58. The van der Waals surface area contributed by atoms with Gasteiger partial charge >= 0.3 is 12.4 Å². The smallest absolute Gasteiger partial charge is 0.330 e. The second-order valence-corrected chi connectivity index (χ2v) is 9.21. The zero-order chi connectivity index (χ0) is 24.2. The molecule has 0 aliphatic heterocycles. The largest absolute Gasteiger partial charge is 0.417 e. The van der Waals surface area contributed by atoms with Crippen LogP contribution in [0.4, 0.5) is 26.3 Å². The van der Waals surface area contributed by atoms with Gasteiger partial charge in [0, 0.05) is 19.6 Å². The third-order valence-electron chi connectivity index (χ3n) is 6.25. The Morgan fingerprint density at radius 2 is 1.33 bits per heavy atom. The van der Waals surface area contributed by atoms with Crippen molar-refractivity contribution in [2.45, 2.75) is 51.1 Å². The van der Waals surface area contributed by atoms with Gasteiger partial charge in [-0.1, -0.05) is 29.8 Å². The second-order valence-electron chi connectivity index (χ2n) is 8.80. The number of benzene rings is 2. The van der Waals surface area contributed by atoms with Crippen molar-refractivity contribution in [2.75, 3.05) is 13.1 Å². The lowest BCUT2D eigenvalue weighted by atomic mass is 9.82. The summed E-state index contributed by atoms with van der Waals surface area (Å²) in [7, 11) is 0. The van der Waals surface area contributed by atoms with Gasteiger partial charge in [-0.05, 0) is 79.5 Å². The number of alkyl halides is 6. The molecule has 0 saturated heterocycles. The van der Waals surface area contributed by atoms with E-state index in [2.05, 4.69) is 0 Å². The molecule has 0 unspecified atom stereocenters. The van der Waals surface area contributed by atoms with E-state index < -0.39 is 23.5 Å². The number of rotatable bonds is 7. The van der Waals surface area contributed by atoms with Gasteiger partial charge in [-0.25, -0.2) is 0 Å². The van der Waals surface area contributed by atoms with Crippen LogP contribution in [0.15, 0.2) is 42.5 Å². The molecule has 0 radical (unpaired) electrons. The summed E-state index contributed by atoms with van der Waals surface area (Å²) in [5.41, 5.74) is 5.27. The summed E-state index contributed by atoms with van der Waals surface area (Å²) in [6.45, 7) is 1.85. The fraction of sp³-hybridized carbons (Fsp3) is 0.500. The van der Waals surface area contributed by atoms with Crippen molar-refractivity contribution in [2.24, 2.45) is 17.6 Å². The molecule has 0 bridgehead atoms. The van der Waals surface area contributed by atoms with Crippen LogP contribution < -0.4 is 5.73 Å². The normalized spacial score (nSPS) is 19.8. The molecule has 2 aromatic carbocycles. The Morgan fingerprint density at radius 3 is 1.88 bits per heavy atom. The summed E-state index contributed by atoms with van der Waals surface area (Å²) in [6, 6.07) is 8.75. The van der Waals surface area contributed by atoms with Crippen LogP contribution in [0.25, 0.3) is 0 Å². The molecule has 1 fully saturated rings. The van der Waals surface area contributed by atoms with E-state index in [9.17, 15) is 26.3 Å². The predicted octanol–water partition coefficient (Wildman–Crippen LogP) is 7.14. The van der Waals surface area contributed by atoms with Gasteiger partial charge in [0.2, 0.25) is 0 Å². The summed E-state index contributed by atoms with van der Waals surface area (Å²) in [6.07, 6.45) is -5.02. The lowest BCUT2D eigenvalue weighted by Gasteiger charge is -2.32. The van der Waals surface area contributed by atoms with Gasteiger partial charge in [0.15, 0.2) is 0 Å². The van der Waals surface area contributed by atoms with E-state index in [0.717, 1.165) is 43.9 Å². The van der Waals surface area contributed by atoms with Crippen molar-refractivity contribution in [3.63, 3.8) is 0 Å². The van der Waals surface area contributed by atoms with Crippen LogP contribution in [0.1, 0.15) is 47.9 Å². The summed E-state index contributed by atoms with van der Waals surface area (Å²) >= 11 is 5.75. The molecular weight excluding hydrogens is 466 g/mol. The van der Waals surface area contributed by atoms with Crippen LogP contribution >= 0.6 is 11.6 Å². The molecule has 9 heteroatoms. The number of hydrogen-bond donors (Lipinski definition) is 1. The topological polar surface area (TPSA) is 29.3 Å². The van der Waals surface area contributed by atoms with E-state index in [4.69, 9.17) is 17.3 Å². The van der Waals surface area contributed by atoms with Gasteiger partial charge in [-0.2, -0.15) is 26.3 Å². The fourth-order valence-electron chi connectivity index (χ4n) is 4.40. The van der Waals surface area contributed by atoms with Crippen LogP contribution in [-0.4, -0.2) is 18.0 Å². The first-order chi connectivity index (χ1) is 15.5. The number of nitrogens with zero attached hydrogens (tertiary/aromatic N) is 1. The Labute approximate surface area is 194 Å². The molecule has 0 aromatic heterocycles. The summed E-state index contributed by atoms with van der Waals surface area (Å²) < 4.78 is 78.5. The average molecular weight is 493 g/mol. The van der Waals surface area contributed by atoms with Gasteiger partial charge in [-0.15, -0.1) is 0 Å². The Balaban J connectivity index is 1.78. The van der Waals surface area contributed by atoms with Gasteiger partial charge in [0.05, 0.1) is 16.1 Å². The Morgan fingerprint density at radius 1 is 0.788 bits per heavy atom. The highest BCUT2D eigenvalue weighted by molar-refractivity contribution is 6.31. The molecule has 0 heterocycles. The summed E-state index contributed by atoms with van der Waals surface area (Å²) in [5, 5.41) is -0.361. The zero-order valence-corrected chi connectivity index (χ0v) is 18.8. The van der Waals surface area contributed by atoms with Crippen molar-refractivity contribution in [1.29, 1.82) is 0 Å². The van der Waals surface area contributed by atoms with E-state index in [1.54, 1.807) is 6.07 Å². The van der Waals surface area contributed by atoms with Crippen molar-refractivity contribution in [3.05, 3.63) is 69.7 Å². The number of hydrogen-bond acceptors (Lipinski definition) is 2. The van der Waals surface area contributed by atoms with Crippen LogP contribution in [-0.2, 0) is 25.4 Å². The summed E-state index contributed by atoms with van der Waals surface area (Å²) in [5.74, 6) is 0.854. The highest BCUT2D eigenvalue weighted by Gasteiger charge is 2.34. The number of halogens is 7. The molecule has 1 aliphatic rings. The maximum absolute atomic E-state index is 13.3. The first-order valence-electron chi connectivity index (χ1n) is 10.9. The lowest BCUT2D eigenvalue weighted by Crippen LogP contribution is -2.32. The van der Waals surface area contributed by atoms with Crippen LogP contribution in [0.2, 0.25) is 5.02 Å². The summed E-state index contributed by atoms with van der Waals surface area (Å²) in [4.78, 5) is 2.00. The van der Waals surface area contributed by atoms with Crippen LogP contribution in [0.5, 0.6) is 0 Å². The van der Waals surface area contributed by atoms with E-state index in [1.165, 1.54) is 18.2 Å². The molecule has 2 N–H and O–H groups in total. The molecule has 0 atom stereocenters. The molecule has 33 heavy (non-hydrogen) atoms. The lowest BCUT2D eigenvalue weighted by molar-refractivity contribution is -0.138. The maximum Gasteiger partial charge on any atom is 0.417 e. The minimum absolute atomic E-state index is 0.234. The molecule has 1 aliphatic carbocycles. The SMILES string of the molecule is NCC1CCC(CN(Cc2ccc(C(F)(F)F)cc2)Cc2ccc(Cl)c(C(F)(F)F)c2)CC1. The first-order valence-corrected chi connectivity index (χ1v) is 11.3. The van der Waals surface area contributed by atoms with Crippen LogP contribution in [0.3, 0.4) is 0 Å². The Hall–Kier alpha value is -1.77. The third kappa shape index (κ3) is 7.36. The molecule has 2 nitrogen and oxygen atoms in total. The van der Waals surface area contributed by atoms with E-state index in [-0.39, 0.29) is 11.6 Å². The molecular formula is C24H27ClF6N2. The predicted molar refractivity (Wildman–Crippen MR) is 117 cm³/mol. The molecule has 3 rings (SSSR count). The van der Waals surface area contributed by atoms with Gasteiger partial charge in [0.1, 0.15) is 0 Å². The Bertz CT molecular complexity index is 903. The molecule has 0 spiro atoms. The second kappa shape index (κ2) is 10.7. The molecule has 2 aromatic rings. The van der Waals surface area contributed by atoms with E-state index >= 15 is 0 Å². The highest BCUT2D eigenvalue weighted by atomic mass is 35.5.